The second-order valence-electron chi connectivity index (χ2n) is 4.40. The molecular weight excluding hydrogens is 190 g/mol. The van der Waals surface area contributed by atoms with E-state index in [1.54, 1.807) is 7.11 Å². The highest BCUT2D eigenvalue weighted by atomic mass is 16.5. The minimum Gasteiger partial charge on any atom is -0.497 e. The molecule has 0 aliphatic carbocycles. The van der Waals surface area contributed by atoms with E-state index in [-0.39, 0.29) is 18.1 Å². The molecule has 3 N–H and O–H groups in total. The van der Waals surface area contributed by atoms with Gasteiger partial charge in [0.1, 0.15) is 5.75 Å². The van der Waals surface area contributed by atoms with Crippen LogP contribution in [0.4, 0.5) is 0 Å². The molecule has 0 aliphatic heterocycles. The summed E-state index contributed by atoms with van der Waals surface area (Å²) in [5.41, 5.74) is 6.74. The molecular formula is C12H19NO2. The highest BCUT2D eigenvalue weighted by molar-refractivity contribution is 5.31. The molecule has 0 unspecified atom stereocenters. The molecule has 0 amide bonds. The van der Waals surface area contributed by atoms with E-state index in [1.165, 1.54) is 0 Å². The third kappa shape index (κ3) is 2.70. The first-order valence-corrected chi connectivity index (χ1v) is 5.01. The van der Waals surface area contributed by atoms with Gasteiger partial charge in [0.2, 0.25) is 0 Å². The van der Waals surface area contributed by atoms with Gasteiger partial charge in [-0.2, -0.15) is 0 Å². The van der Waals surface area contributed by atoms with E-state index < -0.39 is 0 Å². The Hall–Kier alpha value is -1.06. The summed E-state index contributed by atoms with van der Waals surface area (Å²) >= 11 is 0. The lowest BCUT2D eigenvalue weighted by Crippen LogP contribution is -2.32. The van der Waals surface area contributed by atoms with Crippen LogP contribution in [0.15, 0.2) is 24.3 Å². The van der Waals surface area contributed by atoms with Crippen LogP contribution in [0.1, 0.15) is 25.5 Å². The van der Waals surface area contributed by atoms with Crippen molar-refractivity contribution in [1.82, 2.24) is 0 Å². The maximum atomic E-state index is 9.24. The van der Waals surface area contributed by atoms with E-state index >= 15 is 0 Å². The van der Waals surface area contributed by atoms with Crippen molar-refractivity contribution in [3.63, 3.8) is 0 Å². The first-order chi connectivity index (χ1) is 7.01. The molecule has 0 fully saturated rings. The number of aliphatic hydroxyl groups is 1. The van der Waals surface area contributed by atoms with Crippen molar-refractivity contribution < 1.29 is 9.84 Å². The molecule has 3 heteroatoms. The molecule has 0 spiro atoms. The second kappa shape index (κ2) is 4.64. The lowest BCUT2D eigenvalue weighted by molar-refractivity contribution is 0.132. The minimum absolute atomic E-state index is 0.0609. The van der Waals surface area contributed by atoms with E-state index in [0.717, 1.165) is 11.3 Å². The Kier molecular flexibility index (Phi) is 3.72. The summed E-state index contributed by atoms with van der Waals surface area (Å²) in [5, 5.41) is 9.24. The van der Waals surface area contributed by atoms with Crippen LogP contribution in [0.2, 0.25) is 0 Å². The fraction of sp³-hybridized carbons (Fsp3) is 0.500. The van der Waals surface area contributed by atoms with Crippen LogP contribution in [0.3, 0.4) is 0 Å². The molecule has 0 radical (unpaired) electrons. The molecule has 1 atom stereocenters. The summed E-state index contributed by atoms with van der Waals surface area (Å²) < 4.78 is 5.13. The molecule has 0 aliphatic rings. The van der Waals surface area contributed by atoms with Gasteiger partial charge in [0, 0.05) is 18.1 Å². The first-order valence-electron chi connectivity index (χ1n) is 5.01. The number of ether oxygens (including phenoxy) is 1. The van der Waals surface area contributed by atoms with E-state index in [4.69, 9.17) is 10.5 Å². The average Bonchev–Trinajstić information content (AvgIpc) is 2.28. The van der Waals surface area contributed by atoms with Gasteiger partial charge in [0.15, 0.2) is 0 Å². The molecule has 0 saturated carbocycles. The molecule has 1 rings (SSSR count). The smallest absolute Gasteiger partial charge is 0.119 e. The summed E-state index contributed by atoms with van der Waals surface area (Å²) in [6.07, 6.45) is 0. The molecule has 84 valence electrons. The van der Waals surface area contributed by atoms with Crippen molar-refractivity contribution in [2.24, 2.45) is 11.1 Å². The van der Waals surface area contributed by atoms with Crippen molar-refractivity contribution in [1.29, 1.82) is 0 Å². The van der Waals surface area contributed by atoms with Gasteiger partial charge in [0.25, 0.3) is 0 Å². The number of benzene rings is 1. The minimum atomic E-state index is -0.327. The van der Waals surface area contributed by atoms with Crippen LogP contribution in [-0.4, -0.2) is 18.8 Å². The number of aliphatic hydroxyl groups excluding tert-OH is 1. The molecule has 1 aromatic rings. The quantitative estimate of drug-likeness (QED) is 0.793. The fourth-order valence-electron chi connectivity index (χ4n) is 1.38. The Balaban J connectivity index is 2.95. The summed E-state index contributed by atoms with van der Waals surface area (Å²) in [4.78, 5) is 0. The van der Waals surface area contributed by atoms with Crippen molar-refractivity contribution in [2.45, 2.75) is 19.9 Å². The molecule has 3 nitrogen and oxygen atoms in total. The summed E-state index contributed by atoms with van der Waals surface area (Å²) in [6, 6.07) is 7.44. The second-order valence-corrected chi connectivity index (χ2v) is 4.40. The van der Waals surface area contributed by atoms with Crippen LogP contribution in [0, 0.1) is 5.41 Å². The van der Waals surface area contributed by atoms with Gasteiger partial charge >= 0.3 is 0 Å². The lowest BCUT2D eigenvalue weighted by atomic mass is 9.82. The van der Waals surface area contributed by atoms with Gasteiger partial charge < -0.3 is 15.6 Å². The fourth-order valence-corrected chi connectivity index (χ4v) is 1.38. The third-order valence-electron chi connectivity index (χ3n) is 2.70. The SMILES string of the molecule is COc1cccc([C@@H](N)C(C)(C)CO)c1. The Bertz CT molecular complexity index is 323. The molecule has 0 bridgehead atoms. The van der Waals surface area contributed by atoms with Crippen molar-refractivity contribution in [3.05, 3.63) is 29.8 Å². The van der Waals surface area contributed by atoms with E-state index in [2.05, 4.69) is 0 Å². The average molecular weight is 209 g/mol. The summed E-state index contributed by atoms with van der Waals surface area (Å²) in [6.45, 7) is 3.94. The van der Waals surface area contributed by atoms with Crippen LogP contribution in [0.5, 0.6) is 5.75 Å². The van der Waals surface area contributed by atoms with Gasteiger partial charge in [-0.15, -0.1) is 0 Å². The van der Waals surface area contributed by atoms with Crippen molar-refractivity contribution in [3.8, 4) is 5.75 Å². The van der Waals surface area contributed by atoms with Gasteiger partial charge in [-0.05, 0) is 17.7 Å². The highest BCUT2D eigenvalue weighted by Gasteiger charge is 2.26. The third-order valence-corrected chi connectivity index (χ3v) is 2.70. The molecule has 15 heavy (non-hydrogen) atoms. The van der Waals surface area contributed by atoms with Gasteiger partial charge in [-0.25, -0.2) is 0 Å². The molecule has 0 saturated heterocycles. The number of rotatable bonds is 4. The first kappa shape index (κ1) is 12.0. The molecule has 0 aromatic heterocycles. The number of methoxy groups -OCH3 is 1. The van der Waals surface area contributed by atoms with Gasteiger partial charge in [0.05, 0.1) is 7.11 Å². The van der Waals surface area contributed by atoms with E-state index in [1.807, 2.05) is 38.1 Å². The zero-order valence-corrected chi connectivity index (χ0v) is 9.53. The predicted molar refractivity (Wildman–Crippen MR) is 60.8 cm³/mol. The largest absolute Gasteiger partial charge is 0.497 e. The Labute approximate surface area is 90.9 Å². The monoisotopic (exact) mass is 209 g/mol. The van der Waals surface area contributed by atoms with Crippen molar-refractivity contribution >= 4 is 0 Å². The highest BCUT2D eigenvalue weighted by Crippen LogP contribution is 2.31. The Morgan fingerprint density at radius 2 is 2.13 bits per heavy atom. The van der Waals surface area contributed by atoms with Gasteiger partial charge in [-0.3, -0.25) is 0 Å². The maximum Gasteiger partial charge on any atom is 0.119 e. The Morgan fingerprint density at radius 1 is 1.47 bits per heavy atom. The standard InChI is InChI=1S/C12H19NO2/c1-12(2,8-14)11(13)9-5-4-6-10(7-9)15-3/h4-7,11,14H,8,13H2,1-3H3/t11-/m1/s1. The van der Waals surface area contributed by atoms with E-state index in [9.17, 15) is 5.11 Å². The summed E-state index contributed by atoms with van der Waals surface area (Å²) in [7, 11) is 1.63. The zero-order valence-electron chi connectivity index (χ0n) is 9.53. The van der Waals surface area contributed by atoms with Crippen LogP contribution >= 0.6 is 0 Å². The normalized spacial score (nSPS) is 13.7. The number of hydrogen-bond donors (Lipinski definition) is 2. The van der Waals surface area contributed by atoms with E-state index in [0.29, 0.717) is 0 Å². The lowest BCUT2D eigenvalue weighted by Gasteiger charge is -2.29. The maximum absolute atomic E-state index is 9.24. The molecule has 0 heterocycles. The predicted octanol–water partition coefficient (Wildman–Crippen LogP) is 1.71. The summed E-state index contributed by atoms with van der Waals surface area (Å²) in [5.74, 6) is 0.789. The molecule has 1 aromatic carbocycles. The van der Waals surface area contributed by atoms with Crippen LogP contribution in [-0.2, 0) is 0 Å². The van der Waals surface area contributed by atoms with Crippen LogP contribution < -0.4 is 10.5 Å². The number of hydrogen-bond acceptors (Lipinski definition) is 3. The van der Waals surface area contributed by atoms with Crippen molar-refractivity contribution in [2.75, 3.05) is 13.7 Å². The zero-order chi connectivity index (χ0) is 11.5. The van der Waals surface area contributed by atoms with Gasteiger partial charge in [-0.1, -0.05) is 26.0 Å². The topological polar surface area (TPSA) is 55.5 Å². The van der Waals surface area contributed by atoms with Crippen LogP contribution in [0.25, 0.3) is 0 Å². The Morgan fingerprint density at radius 3 is 2.67 bits per heavy atom. The number of nitrogens with two attached hydrogens (primary N) is 1.